The third-order valence-electron chi connectivity index (χ3n) is 5.59. The number of amides is 3. The summed E-state index contributed by atoms with van der Waals surface area (Å²) < 4.78 is 45.3. The van der Waals surface area contributed by atoms with Crippen molar-refractivity contribution >= 4 is 32.5 Å². The van der Waals surface area contributed by atoms with Crippen LogP contribution in [0.2, 0.25) is 0 Å². The Balaban J connectivity index is 1.35. The van der Waals surface area contributed by atoms with E-state index in [4.69, 9.17) is 4.74 Å². The Labute approximate surface area is 185 Å². The van der Waals surface area contributed by atoms with Crippen LogP contribution in [0, 0.1) is 11.7 Å². The number of fused-ring (bicyclic) bond motifs is 1. The number of halogens is 1. The minimum Gasteiger partial charge on any atom is -0.490 e. The molecular formula is C21H25FN4O5S. The predicted molar refractivity (Wildman–Crippen MR) is 114 cm³/mol. The standard InChI is InChI=1S/C21H25FN4O5S/c22-17-7-6-15-16(20(17)31-12-14-4-5-14)10-23-25-18(15)13-32(29,30)9-3-1-2-8-26-11-19(27)24-21(26)28/h6-7,10,14H,1-5,8-9,11-13H2,(H,24,27,28). The molecule has 2 heterocycles. The van der Waals surface area contributed by atoms with Gasteiger partial charge in [0.25, 0.3) is 0 Å². The number of carbonyl (C=O) groups excluding carboxylic acids is 2. The summed E-state index contributed by atoms with van der Waals surface area (Å²) in [5.74, 6) is -0.633. The van der Waals surface area contributed by atoms with Crippen molar-refractivity contribution in [2.24, 2.45) is 5.92 Å². The van der Waals surface area contributed by atoms with Gasteiger partial charge in [0, 0.05) is 17.3 Å². The van der Waals surface area contributed by atoms with Gasteiger partial charge in [0.1, 0.15) is 6.54 Å². The van der Waals surface area contributed by atoms with E-state index in [1.54, 1.807) is 0 Å². The van der Waals surface area contributed by atoms with Crippen LogP contribution in [0.4, 0.5) is 9.18 Å². The number of imide groups is 1. The molecule has 172 valence electrons. The third-order valence-corrected chi connectivity index (χ3v) is 7.22. The van der Waals surface area contributed by atoms with Gasteiger partial charge in [0.2, 0.25) is 5.91 Å². The molecule has 1 saturated carbocycles. The van der Waals surface area contributed by atoms with E-state index in [1.807, 2.05) is 0 Å². The Kier molecular flexibility index (Phi) is 6.54. The van der Waals surface area contributed by atoms with Crippen molar-refractivity contribution in [2.45, 2.75) is 37.9 Å². The number of ether oxygens (including phenoxy) is 1. The van der Waals surface area contributed by atoms with E-state index in [9.17, 15) is 22.4 Å². The monoisotopic (exact) mass is 464 g/mol. The average Bonchev–Trinajstić information content (AvgIpc) is 3.50. The molecule has 1 saturated heterocycles. The summed E-state index contributed by atoms with van der Waals surface area (Å²) in [7, 11) is -3.47. The largest absolute Gasteiger partial charge is 0.490 e. The van der Waals surface area contributed by atoms with Crippen LogP contribution in [0.15, 0.2) is 18.3 Å². The molecule has 0 radical (unpaired) electrons. The molecular weight excluding hydrogens is 439 g/mol. The molecule has 1 aromatic heterocycles. The SMILES string of the molecule is O=C1CN(CCCCCS(=O)(=O)Cc2nncc3c(OCC4CC4)c(F)ccc23)C(=O)N1. The molecule has 2 fully saturated rings. The number of benzene rings is 1. The van der Waals surface area contributed by atoms with E-state index in [-0.39, 0.29) is 35.4 Å². The van der Waals surface area contributed by atoms with Gasteiger partial charge in [-0.1, -0.05) is 6.42 Å². The molecule has 32 heavy (non-hydrogen) atoms. The Bertz CT molecular complexity index is 1140. The topological polar surface area (TPSA) is 119 Å². The van der Waals surface area contributed by atoms with E-state index in [1.165, 1.54) is 23.2 Å². The molecule has 1 aromatic carbocycles. The molecule has 2 aliphatic rings. The fourth-order valence-corrected chi connectivity index (χ4v) is 5.07. The van der Waals surface area contributed by atoms with Crippen molar-refractivity contribution < 1.29 is 27.1 Å². The lowest BCUT2D eigenvalue weighted by Gasteiger charge is -2.13. The minimum absolute atomic E-state index is 0.0393. The molecule has 1 aliphatic carbocycles. The molecule has 0 unspecified atom stereocenters. The highest BCUT2D eigenvalue weighted by atomic mass is 32.2. The zero-order valence-electron chi connectivity index (χ0n) is 17.5. The van der Waals surface area contributed by atoms with Gasteiger partial charge in [-0.2, -0.15) is 10.2 Å². The second kappa shape index (κ2) is 9.35. The number of nitrogens with zero attached hydrogens (tertiary/aromatic N) is 3. The van der Waals surface area contributed by atoms with Gasteiger partial charge in [0.05, 0.1) is 30.0 Å². The first kappa shape index (κ1) is 22.4. The van der Waals surface area contributed by atoms with Crippen molar-refractivity contribution in [1.29, 1.82) is 0 Å². The summed E-state index contributed by atoms with van der Waals surface area (Å²) in [4.78, 5) is 24.1. The zero-order valence-corrected chi connectivity index (χ0v) is 18.4. The molecule has 2 aromatic rings. The van der Waals surface area contributed by atoms with Gasteiger partial charge in [-0.25, -0.2) is 17.6 Å². The van der Waals surface area contributed by atoms with E-state index < -0.39 is 21.7 Å². The Morgan fingerprint density at radius 1 is 1.16 bits per heavy atom. The Hall–Kier alpha value is -2.82. The minimum atomic E-state index is -3.47. The molecule has 9 nitrogen and oxygen atoms in total. The molecule has 3 amide bonds. The number of carbonyl (C=O) groups is 2. The highest BCUT2D eigenvalue weighted by Gasteiger charge is 2.26. The molecule has 1 N–H and O–H groups in total. The summed E-state index contributed by atoms with van der Waals surface area (Å²) in [5.41, 5.74) is 0.269. The number of hydrogen-bond donors (Lipinski definition) is 1. The molecule has 0 spiro atoms. The summed E-state index contributed by atoms with van der Waals surface area (Å²) in [6.07, 6.45) is 5.16. The van der Waals surface area contributed by atoms with Gasteiger partial charge in [-0.05, 0) is 43.7 Å². The lowest BCUT2D eigenvalue weighted by atomic mass is 10.1. The van der Waals surface area contributed by atoms with E-state index in [0.717, 1.165) is 12.8 Å². The number of sulfone groups is 1. The number of aromatic nitrogens is 2. The number of rotatable bonds is 11. The summed E-state index contributed by atoms with van der Waals surface area (Å²) in [6.45, 7) is 0.880. The Morgan fingerprint density at radius 3 is 2.69 bits per heavy atom. The van der Waals surface area contributed by atoms with Crippen molar-refractivity contribution in [1.82, 2.24) is 20.4 Å². The highest BCUT2D eigenvalue weighted by Crippen LogP contribution is 2.34. The number of hydrogen-bond acceptors (Lipinski definition) is 7. The first-order chi connectivity index (χ1) is 15.3. The second-order valence-electron chi connectivity index (χ2n) is 8.31. The predicted octanol–water partition coefficient (Wildman–Crippen LogP) is 2.19. The van der Waals surface area contributed by atoms with Gasteiger partial charge in [-0.3, -0.25) is 10.1 Å². The van der Waals surface area contributed by atoms with Gasteiger partial charge >= 0.3 is 6.03 Å². The third kappa shape index (κ3) is 5.50. The summed E-state index contributed by atoms with van der Waals surface area (Å²) >= 11 is 0. The highest BCUT2D eigenvalue weighted by molar-refractivity contribution is 7.90. The van der Waals surface area contributed by atoms with Gasteiger partial charge in [0.15, 0.2) is 21.4 Å². The van der Waals surface area contributed by atoms with Crippen LogP contribution in [-0.4, -0.2) is 60.9 Å². The number of nitrogens with one attached hydrogen (secondary N) is 1. The first-order valence-electron chi connectivity index (χ1n) is 10.7. The van der Waals surface area contributed by atoms with Crippen LogP contribution in [0.3, 0.4) is 0 Å². The van der Waals surface area contributed by atoms with Crippen LogP contribution < -0.4 is 10.1 Å². The van der Waals surface area contributed by atoms with Crippen LogP contribution in [0.1, 0.15) is 37.8 Å². The lowest BCUT2D eigenvalue weighted by Crippen LogP contribution is -2.29. The normalized spacial score (nSPS) is 16.6. The Morgan fingerprint density at radius 2 is 1.97 bits per heavy atom. The van der Waals surface area contributed by atoms with Gasteiger partial charge < -0.3 is 9.64 Å². The van der Waals surface area contributed by atoms with Crippen molar-refractivity contribution in [3.8, 4) is 5.75 Å². The maximum atomic E-state index is 14.3. The van der Waals surface area contributed by atoms with Crippen molar-refractivity contribution in [2.75, 3.05) is 25.4 Å². The summed E-state index contributed by atoms with van der Waals surface area (Å²) in [6, 6.07) is 2.37. The maximum Gasteiger partial charge on any atom is 0.324 e. The van der Waals surface area contributed by atoms with Crippen LogP contribution in [0.5, 0.6) is 5.75 Å². The number of urea groups is 1. The molecule has 0 bridgehead atoms. The second-order valence-corrected chi connectivity index (χ2v) is 10.5. The lowest BCUT2D eigenvalue weighted by molar-refractivity contribution is -0.118. The molecule has 11 heteroatoms. The van der Waals surface area contributed by atoms with Crippen LogP contribution in [0.25, 0.3) is 10.8 Å². The quantitative estimate of drug-likeness (QED) is 0.400. The number of unbranched alkanes of at least 4 members (excludes halogenated alkanes) is 2. The average molecular weight is 465 g/mol. The zero-order chi connectivity index (χ0) is 22.7. The van der Waals surface area contributed by atoms with Gasteiger partial charge in [-0.15, -0.1) is 0 Å². The van der Waals surface area contributed by atoms with Crippen LogP contribution >= 0.6 is 0 Å². The van der Waals surface area contributed by atoms with Crippen molar-refractivity contribution in [3.63, 3.8) is 0 Å². The van der Waals surface area contributed by atoms with E-state index in [2.05, 4.69) is 15.5 Å². The fourth-order valence-electron chi connectivity index (χ4n) is 3.65. The summed E-state index contributed by atoms with van der Waals surface area (Å²) in [5, 5.41) is 11.0. The molecule has 0 atom stereocenters. The maximum absolute atomic E-state index is 14.3. The smallest absolute Gasteiger partial charge is 0.324 e. The van der Waals surface area contributed by atoms with E-state index in [0.29, 0.717) is 49.1 Å². The molecule has 4 rings (SSSR count). The van der Waals surface area contributed by atoms with Crippen LogP contribution in [-0.2, 0) is 20.4 Å². The first-order valence-corrected chi connectivity index (χ1v) is 12.5. The fraction of sp³-hybridized carbons (Fsp3) is 0.524. The van der Waals surface area contributed by atoms with Crippen molar-refractivity contribution in [3.05, 3.63) is 29.8 Å². The van der Waals surface area contributed by atoms with E-state index >= 15 is 0 Å². The molecule has 1 aliphatic heterocycles.